The van der Waals surface area contributed by atoms with Crippen LogP contribution in [-0.4, -0.2) is 31.9 Å². The van der Waals surface area contributed by atoms with E-state index in [0.29, 0.717) is 10.6 Å². The molecule has 6 nitrogen and oxygen atoms in total. The number of anilines is 1. The molecule has 1 rings (SSSR count). The molecular formula is C12H13ClN2O4. The third-order valence-corrected chi connectivity index (χ3v) is 2.60. The number of aryl methyl sites for hydroxylation is 1. The highest BCUT2D eigenvalue weighted by Gasteiger charge is 2.20. The van der Waals surface area contributed by atoms with Gasteiger partial charge in [-0.05, 0) is 24.6 Å². The van der Waals surface area contributed by atoms with Crippen molar-refractivity contribution in [3.63, 3.8) is 0 Å². The summed E-state index contributed by atoms with van der Waals surface area (Å²) in [6.07, 6.45) is 0. The molecule has 102 valence electrons. The predicted molar refractivity (Wildman–Crippen MR) is 70.2 cm³/mol. The lowest BCUT2D eigenvalue weighted by Crippen LogP contribution is -2.27. The lowest BCUT2D eigenvalue weighted by molar-refractivity contribution is -0.150. The van der Waals surface area contributed by atoms with Crippen LogP contribution in [0.2, 0.25) is 5.02 Å². The fraction of sp³-hybridized carbons (Fsp3) is 0.250. The third kappa shape index (κ3) is 3.45. The molecule has 0 radical (unpaired) electrons. The minimum Gasteiger partial charge on any atom is -0.462 e. The van der Waals surface area contributed by atoms with Crippen LogP contribution in [-0.2, 0) is 14.3 Å². The number of nitrogens with one attached hydrogen (secondary N) is 2. The van der Waals surface area contributed by atoms with Crippen LogP contribution in [0, 0.1) is 6.92 Å². The van der Waals surface area contributed by atoms with Crippen LogP contribution in [0.1, 0.15) is 15.9 Å². The van der Waals surface area contributed by atoms with Crippen molar-refractivity contribution in [3.8, 4) is 0 Å². The van der Waals surface area contributed by atoms with E-state index < -0.39 is 17.8 Å². The molecule has 0 unspecified atom stereocenters. The van der Waals surface area contributed by atoms with Crippen LogP contribution in [0.3, 0.4) is 0 Å². The Hall–Kier alpha value is -2.08. The second-order valence-corrected chi connectivity index (χ2v) is 4.11. The van der Waals surface area contributed by atoms with E-state index in [0.717, 1.165) is 7.11 Å². The van der Waals surface area contributed by atoms with E-state index in [-0.39, 0.29) is 11.3 Å². The molecule has 0 saturated heterocycles. The fourth-order valence-corrected chi connectivity index (χ4v) is 1.75. The highest BCUT2D eigenvalue weighted by atomic mass is 35.5. The lowest BCUT2D eigenvalue weighted by atomic mass is 10.1. The molecule has 0 aliphatic rings. The first-order valence-corrected chi connectivity index (χ1v) is 5.70. The van der Waals surface area contributed by atoms with Crippen molar-refractivity contribution < 1.29 is 19.1 Å². The highest BCUT2D eigenvalue weighted by molar-refractivity contribution is 6.38. The Bertz CT molecular complexity index is 543. The number of hydrogen-bond donors (Lipinski definition) is 2. The lowest BCUT2D eigenvalue weighted by Gasteiger charge is -2.13. The van der Waals surface area contributed by atoms with Gasteiger partial charge in [-0.3, -0.25) is 9.59 Å². The minimum atomic E-state index is -1.04. The zero-order chi connectivity index (χ0) is 14.6. The molecule has 0 heterocycles. The van der Waals surface area contributed by atoms with Crippen LogP contribution in [0.25, 0.3) is 0 Å². The van der Waals surface area contributed by atoms with Crippen LogP contribution < -0.4 is 10.6 Å². The average Bonchev–Trinajstić information content (AvgIpc) is 2.39. The van der Waals surface area contributed by atoms with Crippen molar-refractivity contribution in [1.29, 1.82) is 0 Å². The number of carbonyl (C=O) groups excluding carboxylic acids is 3. The predicted octanol–water partition coefficient (Wildman–Crippen LogP) is 1.12. The number of carbonyl (C=O) groups is 3. The third-order valence-electron chi connectivity index (χ3n) is 2.38. The normalized spacial score (nSPS) is 9.68. The summed E-state index contributed by atoms with van der Waals surface area (Å²) in [6, 6.07) is 2.97. The summed E-state index contributed by atoms with van der Waals surface area (Å²) in [5.74, 6) is -2.43. The average molecular weight is 285 g/mol. The van der Waals surface area contributed by atoms with Crippen LogP contribution in [0.15, 0.2) is 12.1 Å². The Kier molecular flexibility index (Phi) is 4.88. The van der Waals surface area contributed by atoms with E-state index in [2.05, 4.69) is 15.4 Å². The number of hydrogen-bond acceptors (Lipinski definition) is 4. The second-order valence-electron chi connectivity index (χ2n) is 3.67. The van der Waals surface area contributed by atoms with Crippen LogP contribution in [0.4, 0.5) is 5.69 Å². The maximum atomic E-state index is 11.7. The number of rotatable bonds is 2. The van der Waals surface area contributed by atoms with Crippen molar-refractivity contribution in [3.05, 3.63) is 28.3 Å². The van der Waals surface area contributed by atoms with Gasteiger partial charge in [-0.15, -0.1) is 0 Å². The molecule has 2 amide bonds. The number of methoxy groups -OCH3 is 1. The summed E-state index contributed by atoms with van der Waals surface area (Å²) in [6.45, 7) is 1.66. The molecule has 0 aliphatic heterocycles. The van der Waals surface area contributed by atoms with E-state index in [1.807, 2.05) is 0 Å². The minimum absolute atomic E-state index is 0.171. The zero-order valence-electron chi connectivity index (χ0n) is 10.7. The number of ether oxygens (including phenoxy) is 1. The summed E-state index contributed by atoms with van der Waals surface area (Å²) < 4.78 is 4.30. The Morgan fingerprint density at radius 3 is 2.42 bits per heavy atom. The van der Waals surface area contributed by atoms with Gasteiger partial charge in [-0.1, -0.05) is 11.6 Å². The molecule has 0 bridgehead atoms. The summed E-state index contributed by atoms with van der Waals surface area (Å²) >= 11 is 5.87. The van der Waals surface area contributed by atoms with Gasteiger partial charge in [0.2, 0.25) is 0 Å². The van der Waals surface area contributed by atoms with Gasteiger partial charge in [-0.25, -0.2) is 4.79 Å². The molecule has 0 spiro atoms. The largest absolute Gasteiger partial charge is 0.462 e. The molecule has 0 atom stereocenters. The summed E-state index contributed by atoms with van der Waals surface area (Å²) in [5.41, 5.74) is 0.951. The molecule has 1 aromatic rings. The Balaban J connectivity index is 3.22. The Labute approximate surface area is 115 Å². The van der Waals surface area contributed by atoms with Gasteiger partial charge < -0.3 is 15.4 Å². The fourth-order valence-electron chi connectivity index (χ4n) is 1.48. The smallest absolute Gasteiger partial charge is 0.396 e. The molecule has 19 heavy (non-hydrogen) atoms. The van der Waals surface area contributed by atoms with Crippen molar-refractivity contribution >= 4 is 35.1 Å². The van der Waals surface area contributed by atoms with E-state index in [1.54, 1.807) is 13.0 Å². The highest BCUT2D eigenvalue weighted by Crippen LogP contribution is 2.25. The quantitative estimate of drug-likeness (QED) is 0.629. The maximum Gasteiger partial charge on any atom is 0.396 e. The summed E-state index contributed by atoms with van der Waals surface area (Å²) in [7, 11) is 2.54. The molecule has 2 N–H and O–H groups in total. The maximum absolute atomic E-state index is 11.7. The van der Waals surface area contributed by atoms with Gasteiger partial charge in [0.15, 0.2) is 0 Å². The van der Waals surface area contributed by atoms with Crippen molar-refractivity contribution in [1.82, 2.24) is 5.32 Å². The molecule has 0 aromatic heterocycles. The van der Waals surface area contributed by atoms with Gasteiger partial charge in [0.25, 0.3) is 5.91 Å². The standard InChI is InChI=1S/C12H13ClN2O4/c1-6-4-7(13)5-8(10(16)14-2)9(6)15-11(17)12(18)19-3/h4-5H,1-3H3,(H,14,16)(H,15,17). The first kappa shape index (κ1) is 15.0. The van der Waals surface area contributed by atoms with Crippen LogP contribution >= 0.6 is 11.6 Å². The van der Waals surface area contributed by atoms with Crippen molar-refractivity contribution in [2.75, 3.05) is 19.5 Å². The zero-order valence-corrected chi connectivity index (χ0v) is 11.4. The van der Waals surface area contributed by atoms with Gasteiger partial charge in [0, 0.05) is 12.1 Å². The Morgan fingerprint density at radius 1 is 1.26 bits per heavy atom. The first-order chi connectivity index (χ1) is 8.90. The monoisotopic (exact) mass is 284 g/mol. The van der Waals surface area contributed by atoms with Crippen LogP contribution in [0.5, 0.6) is 0 Å². The topological polar surface area (TPSA) is 84.5 Å². The van der Waals surface area contributed by atoms with E-state index >= 15 is 0 Å². The van der Waals surface area contributed by atoms with Gasteiger partial charge in [-0.2, -0.15) is 0 Å². The number of amides is 2. The molecule has 0 aliphatic carbocycles. The molecular weight excluding hydrogens is 272 g/mol. The second kappa shape index (κ2) is 6.19. The number of benzene rings is 1. The van der Waals surface area contributed by atoms with Crippen molar-refractivity contribution in [2.45, 2.75) is 6.92 Å². The molecule has 7 heteroatoms. The molecule has 0 saturated carbocycles. The first-order valence-electron chi connectivity index (χ1n) is 5.32. The molecule has 1 aromatic carbocycles. The molecule has 0 fully saturated rings. The SMILES string of the molecule is CNC(=O)c1cc(Cl)cc(C)c1NC(=O)C(=O)OC. The van der Waals surface area contributed by atoms with E-state index in [4.69, 9.17) is 11.6 Å². The van der Waals surface area contributed by atoms with Gasteiger partial charge >= 0.3 is 11.9 Å². The number of halogens is 1. The van der Waals surface area contributed by atoms with E-state index in [1.165, 1.54) is 13.1 Å². The summed E-state index contributed by atoms with van der Waals surface area (Å²) in [4.78, 5) is 34.3. The van der Waals surface area contributed by atoms with E-state index in [9.17, 15) is 14.4 Å². The summed E-state index contributed by atoms with van der Waals surface area (Å²) in [5, 5.41) is 5.12. The van der Waals surface area contributed by atoms with Crippen molar-refractivity contribution in [2.24, 2.45) is 0 Å². The van der Waals surface area contributed by atoms with Gasteiger partial charge in [0.1, 0.15) is 0 Å². The number of esters is 1. The Morgan fingerprint density at radius 2 is 1.89 bits per heavy atom. The van der Waals surface area contributed by atoms with Gasteiger partial charge in [0.05, 0.1) is 18.4 Å².